The second-order valence-corrected chi connectivity index (χ2v) is 8.49. The van der Waals surface area contributed by atoms with Crippen molar-refractivity contribution in [2.75, 3.05) is 19.6 Å². The van der Waals surface area contributed by atoms with Crippen molar-refractivity contribution < 1.29 is 21.6 Å². The standard InChI is InChI=1S/C16H21F3N2O2S/c17-16(18,19)13-2-1-3-15(10-13)24(22,23)21-8-6-14(7-9-21)20-11-12-4-5-12/h1-3,10,12,14,20H,4-9,11H2. The fourth-order valence-corrected chi connectivity index (χ4v) is 4.45. The van der Waals surface area contributed by atoms with E-state index in [1.165, 1.54) is 23.2 Å². The van der Waals surface area contributed by atoms with Crippen LogP contribution in [-0.4, -0.2) is 38.4 Å². The summed E-state index contributed by atoms with van der Waals surface area (Å²) in [6.07, 6.45) is -0.660. The van der Waals surface area contributed by atoms with Crippen molar-refractivity contribution >= 4 is 10.0 Å². The van der Waals surface area contributed by atoms with Crippen LogP contribution in [0.15, 0.2) is 29.2 Å². The van der Waals surface area contributed by atoms with Gasteiger partial charge in [0.2, 0.25) is 10.0 Å². The average molecular weight is 362 g/mol. The number of hydrogen-bond donors (Lipinski definition) is 1. The number of nitrogens with one attached hydrogen (secondary N) is 1. The van der Waals surface area contributed by atoms with Gasteiger partial charge in [-0.25, -0.2) is 8.42 Å². The SMILES string of the molecule is O=S(=O)(c1cccc(C(F)(F)F)c1)N1CCC(NCC2CC2)CC1. The quantitative estimate of drug-likeness (QED) is 0.876. The van der Waals surface area contributed by atoms with E-state index in [2.05, 4.69) is 5.32 Å². The third-order valence-corrected chi connectivity index (χ3v) is 6.54. The number of halogens is 3. The van der Waals surface area contributed by atoms with E-state index in [4.69, 9.17) is 0 Å². The van der Waals surface area contributed by atoms with Gasteiger partial charge in [-0.3, -0.25) is 0 Å². The van der Waals surface area contributed by atoms with Gasteiger partial charge in [0.1, 0.15) is 0 Å². The first-order valence-electron chi connectivity index (χ1n) is 8.17. The zero-order chi connectivity index (χ0) is 17.4. The Morgan fingerprint density at radius 1 is 1.12 bits per heavy atom. The zero-order valence-electron chi connectivity index (χ0n) is 13.2. The topological polar surface area (TPSA) is 49.4 Å². The van der Waals surface area contributed by atoms with Crippen molar-refractivity contribution in [1.82, 2.24) is 9.62 Å². The molecule has 0 bridgehead atoms. The highest BCUT2D eigenvalue weighted by molar-refractivity contribution is 7.89. The van der Waals surface area contributed by atoms with Gasteiger partial charge < -0.3 is 5.32 Å². The monoisotopic (exact) mass is 362 g/mol. The highest BCUT2D eigenvalue weighted by Gasteiger charge is 2.34. The van der Waals surface area contributed by atoms with Gasteiger partial charge in [-0.05, 0) is 56.3 Å². The molecule has 2 fully saturated rings. The van der Waals surface area contributed by atoms with Gasteiger partial charge in [0.25, 0.3) is 0 Å². The average Bonchev–Trinajstić information content (AvgIpc) is 3.37. The Kier molecular flexibility index (Phi) is 4.90. The van der Waals surface area contributed by atoms with Gasteiger partial charge in [-0.15, -0.1) is 0 Å². The van der Waals surface area contributed by atoms with Gasteiger partial charge in [-0.2, -0.15) is 17.5 Å². The first-order chi connectivity index (χ1) is 11.3. The van der Waals surface area contributed by atoms with Crippen LogP contribution in [-0.2, 0) is 16.2 Å². The highest BCUT2D eigenvalue weighted by atomic mass is 32.2. The maximum Gasteiger partial charge on any atom is 0.416 e. The lowest BCUT2D eigenvalue weighted by molar-refractivity contribution is -0.137. The summed E-state index contributed by atoms with van der Waals surface area (Å²) < 4.78 is 64.8. The third-order valence-electron chi connectivity index (χ3n) is 4.65. The minimum Gasteiger partial charge on any atom is -0.314 e. The van der Waals surface area contributed by atoms with E-state index < -0.39 is 21.8 Å². The van der Waals surface area contributed by atoms with E-state index in [1.54, 1.807) is 0 Å². The number of nitrogens with zero attached hydrogens (tertiary/aromatic N) is 1. The second kappa shape index (κ2) is 6.65. The van der Waals surface area contributed by atoms with Crippen LogP contribution in [0.1, 0.15) is 31.2 Å². The van der Waals surface area contributed by atoms with Crippen LogP contribution in [0.3, 0.4) is 0 Å². The molecule has 1 heterocycles. The summed E-state index contributed by atoms with van der Waals surface area (Å²) in [5, 5.41) is 3.45. The summed E-state index contributed by atoms with van der Waals surface area (Å²) in [5.41, 5.74) is -0.940. The van der Waals surface area contributed by atoms with Crippen LogP contribution in [0.4, 0.5) is 13.2 Å². The molecule has 1 saturated carbocycles. The van der Waals surface area contributed by atoms with E-state index >= 15 is 0 Å². The Morgan fingerprint density at radius 3 is 2.38 bits per heavy atom. The highest BCUT2D eigenvalue weighted by Crippen LogP contribution is 2.32. The molecule has 0 spiro atoms. The molecule has 2 aliphatic rings. The Bertz CT molecular complexity index is 679. The molecule has 0 aromatic heterocycles. The smallest absolute Gasteiger partial charge is 0.314 e. The Hall–Kier alpha value is -1.12. The fraction of sp³-hybridized carbons (Fsp3) is 0.625. The van der Waals surface area contributed by atoms with Gasteiger partial charge in [-0.1, -0.05) is 6.07 Å². The molecule has 24 heavy (non-hydrogen) atoms. The largest absolute Gasteiger partial charge is 0.416 e. The van der Waals surface area contributed by atoms with Gasteiger partial charge in [0.05, 0.1) is 10.5 Å². The molecule has 0 atom stereocenters. The maximum absolute atomic E-state index is 12.8. The number of benzene rings is 1. The predicted molar refractivity (Wildman–Crippen MR) is 84.0 cm³/mol. The first kappa shape index (κ1) is 17.7. The van der Waals surface area contributed by atoms with Crippen LogP contribution >= 0.6 is 0 Å². The number of hydrogen-bond acceptors (Lipinski definition) is 3. The van der Waals surface area contributed by atoms with Crippen molar-refractivity contribution in [3.63, 3.8) is 0 Å². The molecular weight excluding hydrogens is 341 g/mol. The van der Waals surface area contributed by atoms with Gasteiger partial charge in [0.15, 0.2) is 0 Å². The van der Waals surface area contributed by atoms with Crippen LogP contribution in [0, 0.1) is 5.92 Å². The number of rotatable bonds is 5. The number of sulfonamides is 1. The predicted octanol–water partition coefficient (Wildman–Crippen LogP) is 2.86. The molecule has 0 unspecified atom stereocenters. The second-order valence-electron chi connectivity index (χ2n) is 6.56. The number of alkyl halides is 3. The minimum atomic E-state index is -4.55. The molecule has 4 nitrogen and oxygen atoms in total. The van der Waals surface area contributed by atoms with Gasteiger partial charge >= 0.3 is 6.18 Å². The van der Waals surface area contributed by atoms with Crippen molar-refractivity contribution in [3.05, 3.63) is 29.8 Å². The molecule has 3 rings (SSSR count). The summed E-state index contributed by atoms with van der Waals surface area (Å²) in [4.78, 5) is -0.290. The lowest BCUT2D eigenvalue weighted by atomic mass is 10.1. The molecule has 8 heteroatoms. The Balaban J connectivity index is 1.65. The molecule has 134 valence electrons. The van der Waals surface area contributed by atoms with Crippen LogP contribution in [0.25, 0.3) is 0 Å². The zero-order valence-corrected chi connectivity index (χ0v) is 14.0. The van der Waals surface area contributed by atoms with E-state index in [-0.39, 0.29) is 4.90 Å². The summed E-state index contributed by atoms with van der Waals surface area (Å²) >= 11 is 0. The van der Waals surface area contributed by atoms with Crippen molar-refractivity contribution in [1.29, 1.82) is 0 Å². The summed E-state index contributed by atoms with van der Waals surface area (Å²) in [6.45, 7) is 1.65. The summed E-state index contributed by atoms with van der Waals surface area (Å²) in [5.74, 6) is 0.761. The van der Waals surface area contributed by atoms with Crippen LogP contribution in [0.2, 0.25) is 0 Å². The molecule has 1 aromatic carbocycles. The van der Waals surface area contributed by atoms with Crippen molar-refractivity contribution in [2.24, 2.45) is 5.92 Å². The number of piperidine rings is 1. The molecule has 1 aliphatic heterocycles. The molecule has 0 radical (unpaired) electrons. The molecule has 1 N–H and O–H groups in total. The first-order valence-corrected chi connectivity index (χ1v) is 9.61. The van der Waals surface area contributed by atoms with Crippen LogP contribution in [0.5, 0.6) is 0 Å². The minimum absolute atomic E-state index is 0.290. The molecular formula is C16H21F3N2O2S. The molecule has 1 saturated heterocycles. The Labute approximate surface area is 140 Å². The van der Waals surface area contributed by atoms with Crippen molar-refractivity contribution in [3.8, 4) is 0 Å². The van der Waals surface area contributed by atoms with Crippen LogP contribution < -0.4 is 5.32 Å². The summed E-state index contributed by atoms with van der Waals surface area (Å²) in [7, 11) is -3.88. The van der Waals surface area contributed by atoms with E-state index in [9.17, 15) is 21.6 Å². The third kappa shape index (κ3) is 4.10. The van der Waals surface area contributed by atoms with E-state index in [0.29, 0.717) is 38.0 Å². The Morgan fingerprint density at radius 2 is 1.79 bits per heavy atom. The van der Waals surface area contributed by atoms with Crippen molar-refractivity contribution in [2.45, 2.75) is 42.8 Å². The molecule has 0 amide bonds. The lowest BCUT2D eigenvalue weighted by Crippen LogP contribution is -2.45. The van der Waals surface area contributed by atoms with Gasteiger partial charge in [0, 0.05) is 19.1 Å². The lowest BCUT2D eigenvalue weighted by Gasteiger charge is -2.31. The maximum atomic E-state index is 12.8. The molecule has 1 aromatic rings. The summed E-state index contributed by atoms with van der Waals surface area (Å²) in [6, 6.07) is 4.25. The normalized spacial score (nSPS) is 21.1. The van der Waals surface area contributed by atoms with E-state index in [1.807, 2.05) is 0 Å². The van der Waals surface area contributed by atoms with E-state index in [0.717, 1.165) is 24.6 Å². The fourth-order valence-electron chi connectivity index (χ4n) is 2.94. The molecule has 1 aliphatic carbocycles.